The average Bonchev–Trinajstić information content (AvgIpc) is 2.45. The molecule has 0 bridgehead atoms. The molecule has 100 valence electrons. The first-order valence-electron chi connectivity index (χ1n) is 6.67. The van der Waals surface area contributed by atoms with Crippen LogP contribution in [-0.2, 0) is 6.54 Å². The van der Waals surface area contributed by atoms with Crippen LogP contribution in [0.5, 0.6) is 5.75 Å². The lowest BCUT2D eigenvalue weighted by Crippen LogP contribution is -2.03. The van der Waals surface area contributed by atoms with Crippen molar-refractivity contribution in [3.05, 3.63) is 53.9 Å². The summed E-state index contributed by atoms with van der Waals surface area (Å²) in [4.78, 5) is 4.36. The number of nitrogens with zero attached hydrogens (tertiary/aromatic N) is 1. The van der Waals surface area contributed by atoms with Crippen LogP contribution in [0.3, 0.4) is 0 Å². The van der Waals surface area contributed by atoms with E-state index in [0.717, 1.165) is 36.7 Å². The lowest BCUT2D eigenvalue weighted by Gasteiger charge is -2.09. The predicted molar refractivity (Wildman–Crippen MR) is 78.5 cm³/mol. The second-order valence-electron chi connectivity index (χ2n) is 4.49. The van der Waals surface area contributed by atoms with Gasteiger partial charge in [0.15, 0.2) is 0 Å². The van der Waals surface area contributed by atoms with E-state index in [4.69, 9.17) is 4.74 Å². The summed E-state index contributed by atoms with van der Waals surface area (Å²) in [5.74, 6) is 0.918. The highest BCUT2D eigenvalue weighted by molar-refractivity contribution is 5.46. The van der Waals surface area contributed by atoms with Gasteiger partial charge in [-0.05, 0) is 49.2 Å². The molecule has 0 saturated heterocycles. The fourth-order valence-corrected chi connectivity index (χ4v) is 1.78. The Kier molecular flexibility index (Phi) is 4.78. The Hall–Kier alpha value is -2.03. The molecule has 2 aromatic rings. The minimum Gasteiger partial charge on any atom is -0.494 e. The Morgan fingerprint density at radius 1 is 1.16 bits per heavy atom. The minimum atomic E-state index is 0.738. The van der Waals surface area contributed by atoms with Gasteiger partial charge in [-0.2, -0.15) is 0 Å². The van der Waals surface area contributed by atoms with Crippen molar-refractivity contribution in [1.29, 1.82) is 0 Å². The van der Waals surface area contributed by atoms with Gasteiger partial charge in [0.1, 0.15) is 5.75 Å². The summed E-state index contributed by atoms with van der Waals surface area (Å²) < 4.78 is 5.55. The third kappa shape index (κ3) is 3.98. The Bertz CT molecular complexity index is 508. The fourth-order valence-electron chi connectivity index (χ4n) is 1.78. The standard InChI is InChI=1S/C16H20N2O/c1-3-11-19-15-8-6-14(7-9-15)18-12-16-13(2)5-4-10-17-16/h4-10,18H,3,11-12H2,1-2H3. The van der Waals surface area contributed by atoms with Gasteiger partial charge in [-0.1, -0.05) is 13.0 Å². The second-order valence-corrected chi connectivity index (χ2v) is 4.49. The van der Waals surface area contributed by atoms with Crippen LogP contribution in [0.2, 0.25) is 0 Å². The molecule has 0 atom stereocenters. The zero-order valence-corrected chi connectivity index (χ0v) is 11.5. The number of anilines is 1. The molecule has 0 amide bonds. The molecule has 0 aliphatic heterocycles. The summed E-state index contributed by atoms with van der Waals surface area (Å²) in [5.41, 5.74) is 3.36. The molecule has 1 aromatic carbocycles. The van der Waals surface area contributed by atoms with Crippen molar-refractivity contribution < 1.29 is 4.74 Å². The van der Waals surface area contributed by atoms with Gasteiger partial charge in [0.25, 0.3) is 0 Å². The minimum absolute atomic E-state index is 0.738. The van der Waals surface area contributed by atoms with Crippen LogP contribution < -0.4 is 10.1 Å². The van der Waals surface area contributed by atoms with E-state index in [-0.39, 0.29) is 0 Å². The molecule has 0 aliphatic rings. The van der Waals surface area contributed by atoms with E-state index >= 15 is 0 Å². The van der Waals surface area contributed by atoms with Gasteiger partial charge in [-0.15, -0.1) is 0 Å². The smallest absolute Gasteiger partial charge is 0.119 e. The first kappa shape index (κ1) is 13.4. The van der Waals surface area contributed by atoms with Crippen molar-refractivity contribution in [2.24, 2.45) is 0 Å². The monoisotopic (exact) mass is 256 g/mol. The predicted octanol–water partition coefficient (Wildman–Crippen LogP) is 3.79. The normalized spacial score (nSPS) is 10.2. The molecular formula is C16H20N2O. The number of rotatable bonds is 6. The second kappa shape index (κ2) is 6.78. The number of ether oxygens (including phenoxy) is 1. The number of benzene rings is 1. The average molecular weight is 256 g/mol. The van der Waals surface area contributed by atoms with Crippen LogP contribution in [0.1, 0.15) is 24.6 Å². The van der Waals surface area contributed by atoms with E-state index < -0.39 is 0 Å². The number of hydrogen-bond acceptors (Lipinski definition) is 3. The van der Waals surface area contributed by atoms with Crippen molar-refractivity contribution >= 4 is 5.69 Å². The zero-order valence-electron chi connectivity index (χ0n) is 11.5. The summed E-state index contributed by atoms with van der Waals surface area (Å²) in [6.45, 7) is 5.68. The Labute approximate surface area is 114 Å². The molecule has 0 radical (unpaired) electrons. The van der Waals surface area contributed by atoms with Crippen LogP contribution >= 0.6 is 0 Å². The van der Waals surface area contributed by atoms with Crippen molar-refractivity contribution in [3.8, 4) is 5.75 Å². The molecule has 0 saturated carbocycles. The van der Waals surface area contributed by atoms with Crippen molar-refractivity contribution in [1.82, 2.24) is 4.98 Å². The highest BCUT2D eigenvalue weighted by Crippen LogP contribution is 2.16. The van der Waals surface area contributed by atoms with Gasteiger partial charge in [0.05, 0.1) is 18.8 Å². The largest absolute Gasteiger partial charge is 0.494 e. The molecule has 1 heterocycles. The van der Waals surface area contributed by atoms with Crippen LogP contribution in [0, 0.1) is 6.92 Å². The van der Waals surface area contributed by atoms with Crippen LogP contribution in [-0.4, -0.2) is 11.6 Å². The molecule has 3 heteroatoms. The molecule has 0 spiro atoms. The number of pyridine rings is 1. The highest BCUT2D eigenvalue weighted by Gasteiger charge is 1.99. The lowest BCUT2D eigenvalue weighted by atomic mass is 10.2. The first-order valence-corrected chi connectivity index (χ1v) is 6.67. The van der Waals surface area contributed by atoms with Crippen LogP contribution in [0.25, 0.3) is 0 Å². The fraction of sp³-hybridized carbons (Fsp3) is 0.312. The quantitative estimate of drug-likeness (QED) is 0.853. The van der Waals surface area contributed by atoms with Crippen LogP contribution in [0.15, 0.2) is 42.6 Å². The van der Waals surface area contributed by atoms with Gasteiger partial charge >= 0.3 is 0 Å². The summed E-state index contributed by atoms with van der Waals surface area (Å²) in [5, 5.41) is 3.37. The van der Waals surface area contributed by atoms with Gasteiger partial charge in [0, 0.05) is 11.9 Å². The number of aromatic nitrogens is 1. The SMILES string of the molecule is CCCOc1ccc(NCc2ncccc2C)cc1. The van der Waals surface area contributed by atoms with Gasteiger partial charge < -0.3 is 10.1 Å². The van der Waals surface area contributed by atoms with E-state index in [2.05, 4.69) is 30.2 Å². The molecule has 2 rings (SSSR count). The van der Waals surface area contributed by atoms with Crippen LogP contribution in [0.4, 0.5) is 5.69 Å². The maximum atomic E-state index is 5.55. The Morgan fingerprint density at radius 2 is 1.95 bits per heavy atom. The van der Waals surface area contributed by atoms with Gasteiger partial charge in [0.2, 0.25) is 0 Å². The first-order chi connectivity index (χ1) is 9.29. The van der Waals surface area contributed by atoms with Crippen molar-refractivity contribution in [3.63, 3.8) is 0 Å². The summed E-state index contributed by atoms with van der Waals surface area (Å²) >= 11 is 0. The van der Waals surface area contributed by atoms with Crippen molar-refractivity contribution in [2.45, 2.75) is 26.8 Å². The van der Waals surface area contributed by atoms with Gasteiger partial charge in [-0.3, -0.25) is 4.98 Å². The number of aryl methyl sites for hydroxylation is 1. The molecular weight excluding hydrogens is 236 g/mol. The zero-order chi connectivity index (χ0) is 13.5. The maximum Gasteiger partial charge on any atom is 0.119 e. The van der Waals surface area contributed by atoms with Crippen molar-refractivity contribution in [2.75, 3.05) is 11.9 Å². The third-order valence-corrected chi connectivity index (χ3v) is 2.90. The molecule has 1 aromatic heterocycles. The maximum absolute atomic E-state index is 5.55. The van der Waals surface area contributed by atoms with E-state index in [1.54, 1.807) is 0 Å². The summed E-state index contributed by atoms with van der Waals surface area (Å²) in [7, 11) is 0. The molecule has 3 nitrogen and oxygen atoms in total. The molecule has 19 heavy (non-hydrogen) atoms. The highest BCUT2D eigenvalue weighted by atomic mass is 16.5. The summed E-state index contributed by atoms with van der Waals surface area (Å²) in [6, 6.07) is 12.1. The number of nitrogens with one attached hydrogen (secondary N) is 1. The third-order valence-electron chi connectivity index (χ3n) is 2.90. The molecule has 0 aliphatic carbocycles. The van der Waals surface area contributed by atoms with E-state index in [0.29, 0.717) is 0 Å². The molecule has 0 fully saturated rings. The Balaban J connectivity index is 1.91. The topological polar surface area (TPSA) is 34.1 Å². The lowest BCUT2D eigenvalue weighted by molar-refractivity contribution is 0.317. The molecule has 1 N–H and O–H groups in total. The van der Waals surface area contributed by atoms with Gasteiger partial charge in [-0.25, -0.2) is 0 Å². The molecule has 0 unspecified atom stereocenters. The van der Waals surface area contributed by atoms with E-state index in [1.807, 2.05) is 36.5 Å². The Morgan fingerprint density at radius 3 is 2.63 bits per heavy atom. The van der Waals surface area contributed by atoms with E-state index in [1.165, 1.54) is 5.56 Å². The number of hydrogen-bond donors (Lipinski definition) is 1. The summed E-state index contributed by atoms with van der Waals surface area (Å²) in [6.07, 6.45) is 2.85. The van der Waals surface area contributed by atoms with E-state index in [9.17, 15) is 0 Å².